The Balaban J connectivity index is 2.30. The fourth-order valence-corrected chi connectivity index (χ4v) is 2.71. The van der Waals surface area contributed by atoms with Crippen LogP contribution in [0, 0.1) is 19.8 Å². The van der Waals surface area contributed by atoms with E-state index in [1.54, 1.807) is 0 Å². The molecule has 0 radical (unpaired) electrons. The second kappa shape index (κ2) is 5.61. The number of aryl methyl sites for hydroxylation is 1. The van der Waals surface area contributed by atoms with E-state index >= 15 is 0 Å². The van der Waals surface area contributed by atoms with Crippen LogP contribution < -0.4 is 10.2 Å². The van der Waals surface area contributed by atoms with Crippen LogP contribution in [0.25, 0.3) is 0 Å². The lowest BCUT2D eigenvalue weighted by molar-refractivity contribution is 0.192. The third-order valence-electron chi connectivity index (χ3n) is 3.89. The maximum atomic E-state index is 12.4. The number of urea groups is 1. The third-order valence-corrected chi connectivity index (χ3v) is 3.89. The first-order valence-corrected chi connectivity index (χ1v) is 6.78. The topological polar surface area (TPSA) is 35.6 Å². The molecule has 0 saturated carbocycles. The van der Waals surface area contributed by atoms with Crippen LogP contribution >= 0.6 is 0 Å². The molecule has 19 heavy (non-hydrogen) atoms. The van der Waals surface area contributed by atoms with Gasteiger partial charge in [-0.1, -0.05) is 12.1 Å². The summed E-state index contributed by atoms with van der Waals surface area (Å²) in [5, 5.41) is 3.21. The second-order valence-corrected chi connectivity index (χ2v) is 5.42. The molecule has 1 atom stereocenters. The van der Waals surface area contributed by atoms with E-state index in [0.29, 0.717) is 5.92 Å². The maximum Gasteiger partial charge on any atom is 0.324 e. The molecule has 2 amide bonds. The van der Waals surface area contributed by atoms with E-state index in [4.69, 9.17) is 0 Å². The zero-order valence-corrected chi connectivity index (χ0v) is 12.2. The molecule has 4 heteroatoms. The fraction of sp³-hybridized carbons (Fsp3) is 0.533. The van der Waals surface area contributed by atoms with Gasteiger partial charge in [-0.05, 0) is 38.1 Å². The Morgan fingerprint density at radius 1 is 1.32 bits per heavy atom. The van der Waals surface area contributed by atoms with Gasteiger partial charge in [0.2, 0.25) is 0 Å². The van der Waals surface area contributed by atoms with Crippen LogP contribution in [0.1, 0.15) is 11.1 Å². The van der Waals surface area contributed by atoms with Gasteiger partial charge in [0, 0.05) is 38.3 Å². The van der Waals surface area contributed by atoms with Gasteiger partial charge in [0.1, 0.15) is 0 Å². The summed E-state index contributed by atoms with van der Waals surface area (Å²) in [6.45, 7) is 6.70. The highest BCUT2D eigenvalue weighted by molar-refractivity contribution is 5.93. The molecule has 2 rings (SSSR count). The van der Waals surface area contributed by atoms with Crippen molar-refractivity contribution in [2.45, 2.75) is 13.8 Å². The maximum absolute atomic E-state index is 12.4. The largest absolute Gasteiger partial charge is 0.327 e. The van der Waals surface area contributed by atoms with Crippen LogP contribution in [0.15, 0.2) is 18.2 Å². The highest BCUT2D eigenvalue weighted by Crippen LogP contribution is 2.26. The molecule has 1 aliphatic rings. The molecular weight excluding hydrogens is 238 g/mol. The molecular formula is C15H23N3O. The molecule has 1 fully saturated rings. The van der Waals surface area contributed by atoms with Gasteiger partial charge in [0.15, 0.2) is 0 Å². The number of benzene rings is 1. The van der Waals surface area contributed by atoms with E-state index in [-0.39, 0.29) is 6.03 Å². The summed E-state index contributed by atoms with van der Waals surface area (Å²) in [5.41, 5.74) is 3.45. The number of hydrogen-bond acceptors (Lipinski definition) is 2. The highest BCUT2D eigenvalue weighted by Gasteiger charge is 2.30. The van der Waals surface area contributed by atoms with E-state index in [9.17, 15) is 4.79 Å². The number of amides is 2. The lowest BCUT2D eigenvalue weighted by Gasteiger charge is -2.39. The average molecular weight is 261 g/mol. The molecule has 1 heterocycles. The summed E-state index contributed by atoms with van der Waals surface area (Å²) in [4.78, 5) is 16.1. The van der Waals surface area contributed by atoms with Crippen molar-refractivity contribution >= 4 is 11.7 Å². The van der Waals surface area contributed by atoms with Crippen molar-refractivity contribution in [2.24, 2.45) is 5.92 Å². The van der Waals surface area contributed by atoms with Gasteiger partial charge < -0.3 is 10.2 Å². The van der Waals surface area contributed by atoms with E-state index in [1.807, 2.05) is 36.0 Å². The summed E-state index contributed by atoms with van der Waals surface area (Å²) in [6, 6.07) is 6.24. The van der Waals surface area contributed by atoms with Crippen LogP contribution in [-0.4, -0.2) is 44.7 Å². The highest BCUT2D eigenvalue weighted by atomic mass is 16.2. The number of carbonyl (C=O) groups excluding carboxylic acids is 1. The van der Waals surface area contributed by atoms with Crippen molar-refractivity contribution in [3.05, 3.63) is 29.3 Å². The Morgan fingerprint density at radius 3 is 2.74 bits per heavy atom. The predicted molar refractivity (Wildman–Crippen MR) is 78.7 cm³/mol. The second-order valence-electron chi connectivity index (χ2n) is 5.42. The number of anilines is 1. The van der Waals surface area contributed by atoms with Crippen molar-refractivity contribution < 1.29 is 4.79 Å². The number of hydrogen-bond donors (Lipinski definition) is 1. The summed E-state index contributed by atoms with van der Waals surface area (Å²) < 4.78 is 0. The molecule has 4 nitrogen and oxygen atoms in total. The lowest BCUT2D eigenvalue weighted by Crippen LogP contribution is -2.54. The SMILES string of the molecule is CNCC1CN(C)C(=O)N(c2cccc(C)c2C)C1. The summed E-state index contributed by atoms with van der Waals surface area (Å²) in [5.74, 6) is 0.465. The van der Waals surface area contributed by atoms with Crippen LogP contribution in [0.4, 0.5) is 10.5 Å². The van der Waals surface area contributed by atoms with Crippen molar-refractivity contribution in [1.29, 1.82) is 0 Å². The van der Waals surface area contributed by atoms with Gasteiger partial charge in [-0.25, -0.2) is 4.79 Å². The zero-order valence-electron chi connectivity index (χ0n) is 12.2. The van der Waals surface area contributed by atoms with Gasteiger partial charge in [0.25, 0.3) is 0 Å². The first kappa shape index (κ1) is 13.9. The minimum atomic E-state index is 0.0982. The van der Waals surface area contributed by atoms with E-state index in [0.717, 1.165) is 25.3 Å². The van der Waals surface area contributed by atoms with Gasteiger partial charge in [-0.15, -0.1) is 0 Å². The normalized spacial score (nSPS) is 20.0. The molecule has 0 bridgehead atoms. The Kier molecular flexibility index (Phi) is 4.10. The molecule has 1 aromatic rings. The molecule has 104 valence electrons. The number of rotatable bonds is 3. The first-order valence-electron chi connectivity index (χ1n) is 6.78. The van der Waals surface area contributed by atoms with Crippen molar-refractivity contribution in [2.75, 3.05) is 38.6 Å². The Bertz CT molecular complexity index is 472. The molecule has 1 aromatic carbocycles. The summed E-state index contributed by atoms with van der Waals surface area (Å²) >= 11 is 0. The third kappa shape index (κ3) is 2.73. The number of nitrogens with one attached hydrogen (secondary N) is 1. The molecule has 0 aliphatic carbocycles. The number of nitrogens with zero attached hydrogens (tertiary/aromatic N) is 2. The van der Waals surface area contributed by atoms with Gasteiger partial charge in [-0.2, -0.15) is 0 Å². The summed E-state index contributed by atoms with van der Waals surface area (Å²) in [7, 11) is 3.83. The molecule has 1 unspecified atom stereocenters. The molecule has 1 saturated heterocycles. The van der Waals surface area contributed by atoms with E-state index in [2.05, 4.69) is 25.2 Å². The Labute approximate surface area is 115 Å². The van der Waals surface area contributed by atoms with Crippen molar-refractivity contribution in [3.8, 4) is 0 Å². The molecule has 0 spiro atoms. The standard InChI is InChI=1S/C15H23N3O/c1-11-6-5-7-14(12(11)2)18-10-13(8-16-3)9-17(4)15(18)19/h5-7,13,16H,8-10H2,1-4H3. The molecule has 0 aromatic heterocycles. The van der Waals surface area contributed by atoms with Gasteiger partial charge in [0.05, 0.1) is 0 Å². The molecule has 1 aliphatic heterocycles. The van der Waals surface area contributed by atoms with Crippen LogP contribution in [-0.2, 0) is 0 Å². The zero-order chi connectivity index (χ0) is 14.0. The van der Waals surface area contributed by atoms with Crippen LogP contribution in [0.5, 0.6) is 0 Å². The van der Waals surface area contributed by atoms with Crippen molar-refractivity contribution in [1.82, 2.24) is 10.2 Å². The average Bonchev–Trinajstić information content (AvgIpc) is 2.37. The fourth-order valence-electron chi connectivity index (χ4n) is 2.71. The van der Waals surface area contributed by atoms with Crippen LogP contribution in [0.2, 0.25) is 0 Å². The minimum Gasteiger partial charge on any atom is -0.327 e. The van der Waals surface area contributed by atoms with Crippen molar-refractivity contribution in [3.63, 3.8) is 0 Å². The summed E-state index contributed by atoms with van der Waals surface area (Å²) in [6.07, 6.45) is 0. The minimum absolute atomic E-state index is 0.0982. The first-order chi connectivity index (χ1) is 9.04. The number of carbonyl (C=O) groups is 1. The smallest absolute Gasteiger partial charge is 0.324 e. The van der Waals surface area contributed by atoms with Gasteiger partial charge in [-0.3, -0.25) is 4.90 Å². The monoisotopic (exact) mass is 261 g/mol. The molecule has 1 N–H and O–H groups in total. The van der Waals surface area contributed by atoms with Crippen LogP contribution in [0.3, 0.4) is 0 Å². The predicted octanol–water partition coefficient (Wildman–Crippen LogP) is 2.01. The van der Waals surface area contributed by atoms with E-state index in [1.165, 1.54) is 11.1 Å². The lowest BCUT2D eigenvalue weighted by atomic mass is 10.0. The van der Waals surface area contributed by atoms with E-state index < -0.39 is 0 Å². The van der Waals surface area contributed by atoms with Gasteiger partial charge >= 0.3 is 6.03 Å². The Hall–Kier alpha value is -1.55. The Morgan fingerprint density at radius 2 is 2.05 bits per heavy atom. The quantitative estimate of drug-likeness (QED) is 0.903.